The first-order valence-corrected chi connectivity index (χ1v) is 9.22. The van der Waals surface area contributed by atoms with Crippen molar-refractivity contribution < 1.29 is 14.0 Å². The smallest absolute Gasteiger partial charge is 0.273 e. The van der Waals surface area contributed by atoms with Gasteiger partial charge in [-0.3, -0.25) is 9.59 Å². The molecule has 0 spiro atoms. The van der Waals surface area contributed by atoms with Gasteiger partial charge in [0.1, 0.15) is 17.2 Å². The average molecular weight is 362 g/mol. The average Bonchev–Trinajstić information content (AvgIpc) is 3.20. The molecule has 7 nitrogen and oxygen atoms in total. The monoisotopic (exact) mass is 362 g/mol. The zero-order valence-corrected chi connectivity index (χ0v) is 15.5. The van der Waals surface area contributed by atoms with Crippen LogP contribution >= 0.6 is 11.3 Å². The molecule has 1 aliphatic rings. The third-order valence-corrected chi connectivity index (χ3v) is 4.98. The number of nitrogens with zero attached hydrogens (tertiary/aromatic N) is 3. The van der Waals surface area contributed by atoms with Crippen LogP contribution in [0.4, 0.5) is 5.13 Å². The van der Waals surface area contributed by atoms with Crippen LogP contribution in [0.2, 0.25) is 0 Å². The predicted molar refractivity (Wildman–Crippen MR) is 96.3 cm³/mol. The van der Waals surface area contributed by atoms with Gasteiger partial charge < -0.3 is 19.5 Å². The lowest BCUT2D eigenvalue weighted by Gasteiger charge is -2.34. The van der Waals surface area contributed by atoms with Gasteiger partial charge in [-0.2, -0.15) is 0 Å². The summed E-state index contributed by atoms with van der Waals surface area (Å²) in [5, 5.41) is 5.64. The first kappa shape index (κ1) is 17.5. The Morgan fingerprint density at radius 2 is 1.84 bits per heavy atom. The van der Waals surface area contributed by atoms with Crippen LogP contribution in [0.1, 0.15) is 39.3 Å². The van der Waals surface area contributed by atoms with E-state index in [1.54, 1.807) is 28.2 Å². The molecule has 0 saturated carbocycles. The van der Waals surface area contributed by atoms with Crippen LogP contribution in [0.5, 0.6) is 0 Å². The molecule has 8 heteroatoms. The maximum absolute atomic E-state index is 12.6. The fraction of sp³-hybridized carbons (Fsp3) is 0.471. The highest BCUT2D eigenvalue weighted by Crippen LogP contribution is 2.19. The lowest BCUT2D eigenvalue weighted by atomic mass is 10.2. The van der Waals surface area contributed by atoms with Crippen LogP contribution < -0.4 is 5.32 Å². The normalized spacial score (nSPS) is 14.7. The first-order valence-electron chi connectivity index (χ1n) is 8.34. The number of carbonyl (C=O) groups excluding carboxylic acids is 2. The van der Waals surface area contributed by atoms with E-state index in [1.807, 2.05) is 13.8 Å². The molecule has 1 aliphatic heterocycles. The molecule has 2 amide bonds. The van der Waals surface area contributed by atoms with Crippen molar-refractivity contribution in [3.63, 3.8) is 0 Å². The van der Waals surface area contributed by atoms with Crippen molar-refractivity contribution in [2.45, 2.75) is 20.8 Å². The van der Waals surface area contributed by atoms with Crippen LogP contribution in [0.3, 0.4) is 0 Å². The Morgan fingerprint density at radius 1 is 1.20 bits per heavy atom. The highest BCUT2D eigenvalue weighted by molar-refractivity contribution is 7.13. The molecule has 0 aliphatic carbocycles. The number of aromatic nitrogens is 1. The van der Waals surface area contributed by atoms with Crippen LogP contribution in [0.15, 0.2) is 15.9 Å². The molecular weight excluding hydrogens is 340 g/mol. The van der Waals surface area contributed by atoms with Crippen molar-refractivity contribution in [3.8, 4) is 0 Å². The van der Waals surface area contributed by atoms with Gasteiger partial charge in [0.05, 0.1) is 5.56 Å². The van der Waals surface area contributed by atoms with Crippen LogP contribution in [-0.4, -0.2) is 59.3 Å². The molecule has 0 atom stereocenters. The van der Waals surface area contributed by atoms with Crippen molar-refractivity contribution >= 4 is 28.3 Å². The first-order chi connectivity index (χ1) is 12.0. The van der Waals surface area contributed by atoms with Crippen molar-refractivity contribution in [3.05, 3.63) is 34.2 Å². The number of amides is 2. The summed E-state index contributed by atoms with van der Waals surface area (Å²) in [5.41, 5.74) is 1.06. The Balaban J connectivity index is 1.60. The molecule has 0 unspecified atom stereocenters. The minimum Gasteiger partial charge on any atom is -0.466 e. The van der Waals surface area contributed by atoms with Gasteiger partial charge in [-0.05, 0) is 26.8 Å². The summed E-state index contributed by atoms with van der Waals surface area (Å²) in [6, 6.07) is 1.77. The molecule has 25 heavy (non-hydrogen) atoms. The van der Waals surface area contributed by atoms with E-state index in [4.69, 9.17) is 4.42 Å². The van der Waals surface area contributed by atoms with E-state index >= 15 is 0 Å². The minimum absolute atomic E-state index is 0.0375. The number of rotatable bonds is 4. The Kier molecular flexibility index (Phi) is 5.08. The molecule has 3 heterocycles. The Bertz CT molecular complexity index is 775. The number of anilines is 1. The molecule has 2 aromatic rings. The Labute approximate surface area is 150 Å². The molecule has 2 aromatic heterocycles. The lowest BCUT2D eigenvalue weighted by Crippen LogP contribution is -2.50. The molecule has 134 valence electrons. The van der Waals surface area contributed by atoms with E-state index < -0.39 is 0 Å². The third kappa shape index (κ3) is 3.68. The molecule has 3 rings (SSSR count). The molecule has 0 aromatic carbocycles. The number of hydrogen-bond donors (Lipinski definition) is 1. The van der Waals surface area contributed by atoms with E-state index in [1.165, 1.54) is 11.3 Å². The van der Waals surface area contributed by atoms with Crippen LogP contribution in [-0.2, 0) is 0 Å². The second kappa shape index (κ2) is 7.26. The van der Waals surface area contributed by atoms with Gasteiger partial charge in [0.15, 0.2) is 5.13 Å². The molecule has 1 saturated heterocycles. The second-order valence-corrected chi connectivity index (χ2v) is 6.84. The highest BCUT2D eigenvalue weighted by Gasteiger charge is 2.28. The van der Waals surface area contributed by atoms with E-state index in [0.29, 0.717) is 43.2 Å². The number of piperazine rings is 1. The Hall–Kier alpha value is -2.35. The number of furan rings is 1. The quantitative estimate of drug-likeness (QED) is 0.903. The van der Waals surface area contributed by atoms with Gasteiger partial charge in [-0.1, -0.05) is 0 Å². The van der Waals surface area contributed by atoms with Crippen molar-refractivity contribution in [1.82, 2.24) is 14.8 Å². The summed E-state index contributed by atoms with van der Waals surface area (Å²) in [5.74, 6) is 1.25. The summed E-state index contributed by atoms with van der Waals surface area (Å²) in [6.07, 6.45) is 0. The molecule has 1 N–H and O–H groups in total. The summed E-state index contributed by atoms with van der Waals surface area (Å²) >= 11 is 1.43. The summed E-state index contributed by atoms with van der Waals surface area (Å²) < 4.78 is 5.44. The van der Waals surface area contributed by atoms with Crippen molar-refractivity contribution in [1.29, 1.82) is 0 Å². The van der Waals surface area contributed by atoms with Gasteiger partial charge in [0.2, 0.25) is 0 Å². The highest BCUT2D eigenvalue weighted by atomic mass is 32.1. The van der Waals surface area contributed by atoms with Gasteiger partial charge in [0, 0.05) is 38.1 Å². The number of carbonyl (C=O) groups is 2. The number of hydrogen-bond acceptors (Lipinski definition) is 6. The molecular formula is C17H22N4O3S. The molecule has 1 fully saturated rings. The molecule has 0 bridgehead atoms. The van der Waals surface area contributed by atoms with Gasteiger partial charge >= 0.3 is 0 Å². The summed E-state index contributed by atoms with van der Waals surface area (Å²) in [7, 11) is 0. The third-order valence-electron chi connectivity index (χ3n) is 4.18. The van der Waals surface area contributed by atoms with Gasteiger partial charge in [0.25, 0.3) is 11.8 Å². The van der Waals surface area contributed by atoms with Crippen molar-refractivity contribution in [2.75, 3.05) is 38.0 Å². The van der Waals surface area contributed by atoms with Crippen LogP contribution in [0, 0.1) is 13.8 Å². The topological polar surface area (TPSA) is 78.7 Å². The number of aryl methyl sites for hydroxylation is 2. The summed E-state index contributed by atoms with van der Waals surface area (Å²) in [6.45, 7) is 8.43. The standard InChI is InChI=1S/C17H22N4O3S/c1-4-18-17-19-14(10-25-17)16(23)21-7-5-20(6-8-21)15(22)13-9-11(2)24-12(13)3/h9-10H,4-8H2,1-3H3,(H,18,19). The van der Waals surface area contributed by atoms with E-state index in [0.717, 1.165) is 17.4 Å². The zero-order valence-electron chi connectivity index (χ0n) is 14.7. The fourth-order valence-corrected chi connectivity index (χ4v) is 3.65. The number of thiazole rings is 1. The predicted octanol–water partition coefficient (Wildman–Crippen LogP) is 2.38. The van der Waals surface area contributed by atoms with Gasteiger partial charge in [-0.25, -0.2) is 4.98 Å². The maximum Gasteiger partial charge on any atom is 0.273 e. The Morgan fingerprint density at radius 3 is 2.40 bits per heavy atom. The van der Waals surface area contributed by atoms with Gasteiger partial charge in [-0.15, -0.1) is 11.3 Å². The molecule has 0 radical (unpaired) electrons. The van der Waals surface area contributed by atoms with E-state index in [-0.39, 0.29) is 11.8 Å². The largest absolute Gasteiger partial charge is 0.466 e. The maximum atomic E-state index is 12.6. The van der Waals surface area contributed by atoms with Crippen molar-refractivity contribution in [2.24, 2.45) is 0 Å². The van der Waals surface area contributed by atoms with E-state index in [9.17, 15) is 9.59 Å². The second-order valence-electron chi connectivity index (χ2n) is 5.98. The lowest BCUT2D eigenvalue weighted by molar-refractivity contribution is 0.0532. The van der Waals surface area contributed by atoms with E-state index in [2.05, 4.69) is 10.3 Å². The SMILES string of the molecule is CCNc1nc(C(=O)N2CCN(C(=O)c3cc(C)oc3C)CC2)cs1. The number of nitrogens with one attached hydrogen (secondary N) is 1. The van der Waals surface area contributed by atoms with Crippen LogP contribution in [0.25, 0.3) is 0 Å². The fourth-order valence-electron chi connectivity index (χ4n) is 2.89. The minimum atomic E-state index is -0.0807. The summed E-state index contributed by atoms with van der Waals surface area (Å²) in [4.78, 5) is 33.0. The zero-order chi connectivity index (χ0) is 18.0.